The molecule has 0 aliphatic carbocycles. The van der Waals surface area contributed by atoms with Gasteiger partial charge < -0.3 is 4.90 Å². The largest absolute Gasteiger partial charge is 0.340 e. The smallest absolute Gasteiger partial charge is 0.329 e. The van der Waals surface area contributed by atoms with Crippen molar-refractivity contribution in [2.24, 2.45) is 0 Å². The molecule has 1 aromatic heterocycles. The summed E-state index contributed by atoms with van der Waals surface area (Å²) < 4.78 is 26.7. The monoisotopic (exact) mass is 365 g/mol. The van der Waals surface area contributed by atoms with Gasteiger partial charge in [-0.15, -0.1) is 0 Å². The van der Waals surface area contributed by atoms with Crippen LogP contribution in [0.5, 0.6) is 0 Å². The fourth-order valence-electron chi connectivity index (χ4n) is 3.48. The lowest BCUT2D eigenvalue weighted by Crippen LogP contribution is -2.46. The summed E-state index contributed by atoms with van der Waals surface area (Å²) in [5.41, 5.74) is 1.31. The Kier molecular flexibility index (Phi) is 4.73. The average molecular weight is 365 g/mol. The van der Waals surface area contributed by atoms with Crippen LogP contribution in [0.1, 0.15) is 19.8 Å². The standard InChI is InChI=1S/C17H23N3O4S/c1-3-19-14-8-4-5-9-15(14)20(17(19)22)12-16(21)18-10-6-7-13(11-18)25(2,23)24/h4-5,8-9,13H,3,6-7,10-12H2,1-2H3/t13-/m0/s1. The van der Waals surface area contributed by atoms with Crippen LogP contribution in [0, 0.1) is 0 Å². The first kappa shape index (κ1) is 17.7. The maximum atomic E-state index is 12.7. The van der Waals surface area contributed by atoms with E-state index in [1.54, 1.807) is 9.47 Å². The van der Waals surface area contributed by atoms with E-state index < -0.39 is 15.1 Å². The molecule has 1 aromatic carbocycles. The van der Waals surface area contributed by atoms with E-state index in [1.165, 1.54) is 10.8 Å². The molecule has 1 atom stereocenters. The van der Waals surface area contributed by atoms with Crippen LogP contribution in [0.15, 0.2) is 29.1 Å². The minimum atomic E-state index is -3.17. The number of carbonyl (C=O) groups excluding carboxylic acids is 1. The summed E-state index contributed by atoms with van der Waals surface area (Å²) in [7, 11) is -3.17. The van der Waals surface area contributed by atoms with E-state index in [0.29, 0.717) is 25.9 Å². The Bertz CT molecular complexity index is 958. The van der Waals surface area contributed by atoms with E-state index in [9.17, 15) is 18.0 Å². The molecule has 0 N–H and O–H groups in total. The molecule has 0 radical (unpaired) electrons. The number of hydrogen-bond donors (Lipinski definition) is 0. The Morgan fingerprint density at radius 3 is 2.44 bits per heavy atom. The number of para-hydroxylation sites is 2. The second-order valence-corrected chi connectivity index (χ2v) is 8.86. The zero-order valence-corrected chi connectivity index (χ0v) is 15.3. The Labute approximate surface area is 146 Å². The molecule has 136 valence electrons. The van der Waals surface area contributed by atoms with Crippen molar-refractivity contribution in [3.05, 3.63) is 34.7 Å². The third kappa shape index (κ3) is 3.35. The van der Waals surface area contributed by atoms with E-state index >= 15 is 0 Å². The van der Waals surface area contributed by atoms with E-state index in [-0.39, 0.29) is 24.7 Å². The lowest BCUT2D eigenvalue weighted by atomic mass is 10.1. The van der Waals surface area contributed by atoms with Crippen LogP contribution < -0.4 is 5.69 Å². The molecule has 0 saturated carbocycles. The molecule has 8 heteroatoms. The number of hydrogen-bond acceptors (Lipinski definition) is 4. The van der Waals surface area contributed by atoms with Crippen molar-refractivity contribution in [3.8, 4) is 0 Å². The van der Waals surface area contributed by atoms with Gasteiger partial charge in [0.15, 0.2) is 9.84 Å². The number of likely N-dealkylation sites (tertiary alicyclic amines) is 1. The Morgan fingerprint density at radius 1 is 1.20 bits per heavy atom. The highest BCUT2D eigenvalue weighted by Crippen LogP contribution is 2.18. The van der Waals surface area contributed by atoms with Gasteiger partial charge in [0, 0.05) is 25.9 Å². The summed E-state index contributed by atoms with van der Waals surface area (Å²) in [6.07, 6.45) is 2.46. The molecule has 7 nitrogen and oxygen atoms in total. The summed E-state index contributed by atoms with van der Waals surface area (Å²) in [5, 5.41) is -0.515. The highest BCUT2D eigenvalue weighted by atomic mass is 32.2. The summed E-state index contributed by atoms with van der Waals surface area (Å²) in [6, 6.07) is 7.39. The zero-order valence-electron chi connectivity index (χ0n) is 14.5. The third-order valence-electron chi connectivity index (χ3n) is 4.87. The van der Waals surface area contributed by atoms with Gasteiger partial charge in [-0.2, -0.15) is 0 Å². The van der Waals surface area contributed by atoms with Crippen LogP contribution in [0.25, 0.3) is 11.0 Å². The van der Waals surface area contributed by atoms with Crippen LogP contribution >= 0.6 is 0 Å². The number of aromatic nitrogens is 2. The number of aryl methyl sites for hydroxylation is 1. The molecular formula is C17H23N3O4S. The van der Waals surface area contributed by atoms with E-state index in [2.05, 4.69) is 0 Å². The predicted molar refractivity (Wildman–Crippen MR) is 96.3 cm³/mol. The van der Waals surface area contributed by atoms with Gasteiger partial charge in [-0.1, -0.05) is 12.1 Å². The predicted octanol–water partition coefficient (Wildman–Crippen LogP) is 0.859. The number of fused-ring (bicyclic) bond motifs is 1. The quantitative estimate of drug-likeness (QED) is 0.805. The van der Waals surface area contributed by atoms with Crippen molar-refractivity contribution >= 4 is 26.8 Å². The van der Waals surface area contributed by atoms with E-state index in [1.807, 2.05) is 31.2 Å². The number of rotatable bonds is 4. The fraction of sp³-hybridized carbons (Fsp3) is 0.529. The van der Waals surface area contributed by atoms with Crippen LogP contribution in [-0.4, -0.2) is 53.0 Å². The molecular weight excluding hydrogens is 342 g/mol. The van der Waals surface area contributed by atoms with Crippen molar-refractivity contribution < 1.29 is 13.2 Å². The molecule has 0 bridgehead atoms. The van der Waals surface area contributed by atoms with Crippen molar-refractivity contribution in [3.63, 3.8) is 0 Å². The van der Waals surface area contributed by atoms with Gasteiger partial charge in [0.25, 0.3) is 0 Å². The fourth-order valence-corrected chi connectivity index (χ4v) is 4.53. The molecule has 1 amide bonds. The Morgan fingerprint density at radius 2 is 1.84 bits per heavy atom. The summed E-state index contributed by atoms with van der Waals surface area (Å²) in [6.45, 7) is 3.09. The number of imidazole rings is 1. The first-order valence-corrected chi connectivity index (χ1v) is 10.4. The van der Waals surface area contributed by atoms with Crippen molar-refractivity contribution in [1.29, 1.82) is 0 Å². The number of carbonyl (C=O) groups is 1. The molecule has 1 aliphatic rings. The van der Waals surface area contributed by atoms with E-state index in [4.69, 9.17) is 0 Å². The van der Waals surface area contributed by atoms with Crippen molar-refractivity contribution in [1.82, 2.24) is 14.0 Å². The minimum Gasteiger partial charge on any atom is -0.340 e. The lowest BCUT2D eigenvalue weighted by Gasteiger charge is -2.31. The maximum absolute atomic E-state index is 12.7. The topological polar surface area (TPSA) is 81.4 Å². The highest BCUT2D eigenvalue weighted by molar-refractivity contribution is 7.91. The molecule has 2 heterocycles. The third-order valence-corrected chi connectivity index (χ3v) is 6.47. The zero-order chi connectivity index (χ0) is 18.2. The van der Waals surface area contributed by atoms with Gasteiger partial charge in [-0.3, -0.25) is 13.9 Å². The number of benzene rings is 1. The van der Waals surface area contributed by atoms with Gasteiger partial charge in [-0.25, -0.2) is 13.2 Å². The van der Waals surface area contributed by atoms with Crippen LogP contribution in [0.3, 0.4) is 0 Å². The second-order valence-electron chi connectivity index (χ2n) is 6.54. The normalized spacial score (nSPS) is 18.6. The molecule has 0 unspecified atom stereocenters. The number of piperidine rings is 1. The minimum absolute atomic E-state index is 0.0666. The highest BCUT2D eigenvalue weighted by Gasteiger charge is 2.30. The second kappa shape index (κ2) is 6.67. The van der Waals surface area contributed by atoms with Gasteiger partial charge >= 0.3 is 5.69 Å². The lowest BCUT2D eigenvalue weighted by molar-refractivity contribution is -0.132. The van der Waals surface area contributed by atoms with Crippen molar-refractivity contribution in [2.45, 2.75) is 38.1 Å². The van der Waals surface area contributed by atoms with Crippen molar-refractivity contribution in [2.75, 3.05) is 19.3 Å². The maximum Gasteiger partial charge on any atom is 0.329 e. The molecule has 3 rings (SSSR count). The Hall–Kier alpha value is -2.09. The van der Waals surface area contributed by atoms with Crippen LogP contribution in [0.2, 0.25) is 0 Å². The first-order chi connectivity index (χ1) is 11.8. The molecule has 2 aromatic rings. The number of amides is 1. The van der Waals surface area contributed by atoms with Gasteiger partial charge in [0.2, 0.25) is 5.91 Å². The summed E-state index contributed by atoms with van der Waals surface area (Å²) in [5.74, 6) is -0.213. The van der Waals surface area contributed by atoms with Gasteiger partial charge in [-0.05, 0) is 31.9 Å². The summed E-state index contributed by atoms with van der Waals surface area (Å²) in [4.78, 5) is 26.9. The number of nitrogens with zero attached hydrogens (tertiary/aromatic N) is 3. The van der Waals surface area contributed by atoms with Gasteiger partial charge in [0.1, 0.15) is 6.54 Å². The molecule has 1 saturated heterocycles. The van der Waals surface area contributed by atoms with E-state index in [0.717, 1.165) is 11.0 Å². The molecule has 0 spiro atoms. The first-order valence-electron chi connectivity index (χ1n) is 8.47. The molecule has 1 fully saturated rings. The molecule has 25 heavy (non-hydrogen) atoms. The van der Waals surface area contributed by atoms with Crippen LogP contribution in [0.4, 0.5) is 0 Å². The Balaban J connectivity index is 1.88. The summed E-state index contributed by atoms with van der Waals surface area (Å²) >= 11 is 0. The average Bonchev–Trinajstić information content (AvgIpc) is 2.86. The van der Waals surface area contributed by atoms with Crippen LogP contribution in [-0.2, 0) is 27.7 Å². The number of sulfone groups is 1. The molecule has 1 aliphatic heterocycles. The SMILES string of the molecule is CCn1c(=O)n(CC(=O)N2CCC[C@H](S(C)(=O)=O)C2)c2ccccc21. The van der Waals surface area contributed by atoms with Gasteiger partial charge in [0.05, 0.1) is 16.3 Å².